The van der Waals surface area contributed by atoms with Gasteiger partial charge in [0.05, 0.1) is 0 Å². The standard InChI is InChI=1S/C16H25NO3/c1-3-16(2,12-18)11-17-7-6-13-4-5-14-15(10-13)20-9-8-19-14/h4-5,10,17-18H,3,6-9,11-12H2,1-2H3. The molecule has 1 aromatic carbocycles. The van der Waals surface area contributed by atoms with Gasteiger partial charge in [-0.15, -0.1) is 0 Å². The molecule has 1 aliphatic heterocycles. The maximum Gasteiger partial charge on any atom is 0.161 e. The Morgan fingerprint density at radius 2 is 2.00 bits per heavy atom. The molecule has 1 atom stereocenters. The van der Waals surface area contributed by atoms with E-state index in [-0.39, 0.29) is 12.0 Å². The molecule has 4 nitrogen and oxygen atoms in total. The Morgan fingerprint density at radius 3 is 2.70 bits per heavy atom. The quantitative estimate of drug-likeness (QED) is 0.750. The number of benzene rings is 1. The number of hydrogen-bond donors (Lipinski definition) is 2. The fraction of sp³-hybridized carbons (Fsp3) is 0.625. The van der Waals surface area contributed by atoms with E-state index in [1.165, 1.54) is 5.56 Å². The molecule has 4 heteroatoms. The van der Waals surface area contributed by atoms with Gasteiger partial charge >= 0.3 is 0 Å². The second-order valence-electron chi connectivity index (χ2n) is 5.73. The first-order valence-corrected chi connectivity index (χ1v) is 7.37. The highest BCUT2D eigenvalue weighted by Crippen LogP contribution is 2.30. The maximum absolute atomic E-state index is 9.36. The van der Waals surface area contributed by atoms with Gasteiger partial charge in [-0.05, 0) is 37.1 Å². The summed E-state index contributed by atoms with van der Waals surface area (Å²) < 4.78 is 11.1. The fourth-order valence-electron chi connectivity index (χ4n) is 2.16. The van der Waals surface area contributed by atoms with E-state index in [1.54, 1.807) is 0 Å². The van der Waals surface area contributed by atoms with Gasteiger partial charge in [0.25, 0.3) is 0 Å². The normalized spacial score (nSPS) is 16.8. The minimum Gasteiger partial charge on any atom is -0.486 e. The van der Waals surface area contributed by atoms with Crippen LogP contribution in [-0.2, 0) is 6.42 Å². The third-order valence-electron chi connectivity index (χ3n) is 3.98. The summed E-state index contributed by atoms with van der Waals surface area (Å²) in [6.45, 7) is 7.42. The molecule has 112 valence electrons. The molecular formula is C16H25NO3. The first-order valence-electron chi connectivity index (χ1n) is 7.37. The summed E-state index contributed by atoms with van der Waals surface area (Å²) in [4.78, 5) is 0. The molecule has 1 aromatic rings. The number of nitrogens with one attached hydrogen (secondary N) is 1. The molecule has 0 spiro atoms. The minimum atomic E-state index is -0.0210. The summed E-state index contributed by atoms with van der Waals surface area (Å²) in [6, 6.07) is 6.12. The molecule has 0 aliphatic carbocycles. The van der Waals surface area contributed by atoms with Crippen LogP contribution in [0, 0.1) is 5.41 Å². The van der Waals surface area contributed by atoms with Gasteiger partial charge in [0, 0.05) is 18.6 Å². The van der Waals surface area contributed by atoms with E-state index in [1.807, 2.05) is 6.07 Å². The number of aliphatic hydroxyl groups excluding tert-OH is 1. The van der Waals surface area contributed by atoms with Crippen LogP contribution in [-0.4, -0.2) is 38.0 Å². The van der Waals surface area contributed by atoms with E-state index in [9.17, 15) is 5.11 Å². The van der Waals surface area contributed by atoms with Crippen molar-refractivity contribution in [2.75, 3.05) is 32.9 Å². The van der Waals surface area contributed by atoms with E-state index in [2.05, 4.69) is 31.3 Å². The lowest BCUT2D eigenvalue weighted by Gasteiger charge is -2.26. The molecule has 20 heavy (non-hydrogen) atoms. The van der Waals surface area contributed by atoms with E-state index in [4.69, 9.17) is 9.47 Å². The number of hydrogen-bond acceptors (Lipinski definition) is 4. The third-order valence-corrected chi connectivity index (χ3v) is 3.98. The molecule has 0 saturated carbocycles. The van der Waals surface area contributed by atoms with Gasteiger partial charge < -0.3 is 19.9 Å². The van der Waals surface area contributed by atoms with Gasteiger partial charge in [-0.2, -0.15) is 0 Å². The van der Waals surface area contributed by atoms with Gasteiger partial charge in [-0.1, -0.05) is 19.9 Å². The van der Waals surface area contributed by atoms with Crippen molar-refractivity contribution in [1.82, 2.24) is 5.32 Å². The predicted molar refractivity (Wildman–Crippen MR) is 79.5 cm³/mol. The van der Waals surface area contributed by atoms with Crippen LogP contribution < -0.4 is 14.8 Å². The number of rotatable bonds is 7. The van der Waals surface area contributed by atoms with Crippen molar-refractivity contribution in [1.29, 1.82) is 0 Å². The Balaban J connectivity index is 1.80. The summed E-state index contributed by atoms with van der Waals surface area (Å²) in [5, 5.41) is 12.8. The average molecular weight is 279 g/mol. The summed E-state index contributed by atoms with van der Waals surface area (Å²) in [5.41, 5.74) is 1.22. The highest BCUT2D eigenvalue weighted by atomic mass is 16.6. The van der Waals surface area contributed by atoms with Crippen molar-refractivity contribution in [2.45, 2.75) is 26.7 Å². The van der Waals surface area contributed by atoms with Gasteiger partial charge in [0.15, 0.2) is 11.5 Å². The second kappa shape index (κ2) is 6.95. The molecule has 0 saturated heterocycles. The first kappa shape index (κ1) is 15.1. The SMILES string of the molecule is CCC(C)(CO)CNCCc1ccc2c(c1)OCCO2. The lowest BCUT2D eigenvalue weighted by molar-refractivity contribution is 0.136. The molecule has 0 bridgehead atoms. The fourth-order valence-corrected chi connectivity index (χ4v) is 2.16. The highest BCUT2D eigenvalue weighted by Gasteiger charge is 2.20. The summed E-state index contributed by atoms with van der Waals surface area (Å²) >= 11 is 0. The summed E-state index contributed by atoms with van der Waals surface area (Å²) in [6.07, 6.45) is 1.92. The van der Waals surface area contributed by atoms with Crippen molar-refractivity contribution >= 4 is 0 Å². The zero-order valence-electron chi connectivity index (χ0n) is 12.4. The van der Waals surface area contributed by atoms with E-state index in [0.29, 0.717) is 13.2 Å². The van der Waals surface area contributed by atoms with Crippen LogP contribution in [0.3, 0.4) is 0 Å². The molecule has 0 amide bonds. The van der Waals surface area contributed by atoms with Crippen molar-refractivity contribution in [3.8, 4) is 11.5 Å². The zero-order valence-corrected chi connectivity index (χ0v) is 12.4. The Hall–Kier alpha value is -1.26. The molecule has 0 radical (unpaired) electrons. The van der Waals surface area contributed by atoms with Crippen molar-refractivity contribution in [2.24, 2.45) is 5.41 Å². The molecule has 2 N–H and O–H groups in total. The van der Waals surface area contributed by atoms with Crippen LogP contribution in [0.4, 0.5) is 0 Å². The minimum absolute atomic E-state index is 0.0210. The van der Waals surface area contributed by atoms with Crippen molar-refractivity contribution < 1.29 is 14.6 Å². The molecular weight excluding hydrogens is 254 g/mol. The molecule has 0 aromatic heterocycles. The lowest BCUT2D eigenvalue weighted by Crippen LogP contribution is -2.35. The predicted octanol–water partition coefficient (Wildman–Crippen LogP) is 2.00. The zero-order chi connectivity index (χ0) is 14.4. The Labute approximate surface area is 121 Å². The van der Waals surface area contributed by atoms with E-state index in [0.717, 1.165) is 37.4 Å². The smallest absolute Gasteiger partial charge is 0.161 e. The Kier molecular flexibility index (Phi) is 5.26. The largest absolute Gasteiger partial charge is 0.486 e. The monoisotopic (exact) mass is 279 g/mol. The van der Waals surface area contributed by atoms with Crippen LogP contribution in [0.2, 0.25) is 0 Å². The maximum atomic E-state index is 9.36. The summed E-state index contributed by atoms with van der Waals surface area (Å²) in [5.74, 6) is 1.69. The average Bonchev–Trinajstić information content (AvgIpc) is 2.51. The molecule has 1 aliphatic rings. The molecule has 0 fully saturated rings. The van der Waals surface area contributed by atoms with Crippen LogP contribution in [0.15, 0.2) is 18.2 Å². The van der Waals surface area contributed by atoms with Crippen LogP contribution in [0.5, 0.6) is 11.5 Å². The van der Waals surface area contributed by atoms with Crippen LogP contribution >= 0.6 is 0 Å². The van der Waals surface area contributed by atoms with Crippen molar-refractivity contribution in [3.05, 3.63) is 23.8 Å². The third kappa shape index (κ3) is 3.87. The molecule has 1 unspecified atom stereocenters. The molecule has 2 rings (SSSR count). The number of ether oxygens (including phenoxy) is 2. The van der Waals surface area contributed by atoms with E-state index >= 15 is 0 Å². The highest BCUT2D eigenvalue weighted by molar-refractivity contribution is 5.43. The van der Waals surface area contributed by atoms with E-state index < -0.39 is 0 Å². The van der Waals surface area contributed by atoms with Gasteiger partial charge in [0.1, 0.15) is 13.2 Å². The molecule has 1 heterocycles. The lowest BCUT2D eigenvalue weighted by atomic mass is 9.88. The second-order valence-corrected chi connectivity index (χ2v) is 5.73. The number of aliphatic hydroxyl groups is 1. The first-order chi connectivity index (χ1) is 9.67. The number of fused-ring (bicyclic) bond motifs is 1. The Bertz CT molecular complexity index is 430. The van der Waals surface area contributed by atoms with Crippen molar-refractivity contribution in [3.63, 3.8) is 0 Å². The Morgan fingerprint density at radius 1 is 1.25 bits per heavy atom. The topological polar surface area (TPSA) is 50.7 Å². The summed E-state index contributed by atoms with van der Waals surface area (Å²) in [7, 11) is 0. The van der Waals surface area contributed by atoms with Gasteiger partial charge in [-0.3, -0.25) is 0 Å². The van der Waals surface area contributed by atoms with Crippen LogP contribution in [0.1, 0.15) is 25.8 Å². The van der Waals surface area contributed by atoms with Gasteiger partial charge in [-0.25, -0.2) is 0 Å². The van der Waals surface area contributed by atoms with Crippen LogP contribution in [0.25, 0.3) is 0 Å². The van der Waals surface area contributed by atoms with Gasteiger partial charge in [0.2, 0.25) is 0 Å².